The van der Waals surface area contributed by atoms with Gasteiger partial charge in [-0.05, 0) is 38.6 Å². The number of rotatable bonds is 2. The average Bonchev–Trinajstić information content (AvgIpc) is 2.30. The van der Waals surface area contributed by atoms with Crippen LogP contribution in [0.15, 0.2) is 24.3 Å². The van der Waals surface area contributed by atoms with E-state index in [2.05, 4.69) is 0 Å². The fourth-order valence-corrected chi connectivity index (χ4v) is 3.10. The van der Waals surface area contributed by atoms with Crippen molar-refractivity contribution in [3.63, 3.8) is 0 Å². The number of benzene rings is 1. The molecule has 92 valence electrons. The maximum Gasteiger partial charge on any atom is 0.157 e. The summed E-state index contributed by atoms with van der Waals surface area (Å²) in [6.07, 6.45) is 3.60. The third-order valence-corrected chi connectivity index (χ3v) is 4.07. The molecule has 0 amide bonds. The van der Waals surface area contributed by atoms with Crippen molar-refractivity contribution < 1.29 is 4.79 Å². The van der Waals surface area contributed by atoms with Crippen molar-refractivity contribution in [2.24, 2.45) is 0 Å². The summed E-state index contributed by atoms with van der Waals surface area (Å²) in [6.45, 7) is 0. The smallest absolute Gasteiger partial charge is 0.157 e. The fourth-order valence-electron chi connectivity index (χ4n) is 2.81. The van der Waals surface area contributed by atoms with E-state index in [1.807, 2.05) is 43.3 Å². The normalized spacial score (nSPS) is 25.3. The molecular weight excluding hydrogens is 234 g/mol. The molecule has 0 unspecified atom stereocenters. The Bertz CT molecular complexity index is 430. The molecule has 1 fully saturated rings. The lowest BCUT2D eigenvalue weighted by Crippen LogP contribution is -2.50. The zero-order chi connectivity index (χ0) is 12.5. The number of likely N-dealkylation sites (N-methyl/N-ethyl adjacent to an activating group) is 1. The average molecular weight is 252 g/mol. The molecule has 3 heteroatoms. The Balaban J connectivity index is 2.55. The summed E-state index contributed by atoms with van der Waals surface area (Å²) in [5.74, 6) is 0.293. The number of hydrogen-bond acceptors (Lipinski definition) is 2. The molecule has 0 spiro atoms. The van der Waals surface area contributed by atoms with Crippen LogP contribution in [0.25, 0.3) is 0 Å². The molecule has 17 heavy (non-hydrogen) atoms. The first kappa shape index (κ1) is 12.6. The Hall–Kier alpha value is -0.860. The SMILES string of the molecule is CN(C)[C@@]1(c2ccccc2Cl)CCCCC1=O. The van der Waals surface area contributed by atoms with Crippen LogP contribution in [0.4, 0.5) is 0 Å². The number of carbonyl (C=O) groups is 1. The number of nitrogens with zero attached hydrogens (tertiary/aromatic N) is 1. The van der Waals surface area contributed by atoms with Gasteiger partial charge in [0.15, 0.2) is 5.78 Å². The van der Waals surface area contributed by atoms with E-state index in [9.17, 15) is 4.79 Å². The second kappa shape index (κ2) is 4.79. The van der Waals surface area contributed by atoms with E-state index in [0.717, 1.165) is 24.8 Å². The Kier molecular flexibility index (Phi) is 3.55. The van der Waals surface area contributed by atoms with Crippen molar-refractivity contribution in [3.05, 3.63) is 34.9 Å². The van der Waals surface area contributed by atoms with Crippen LogP contribution in [-0.2, 0) is 10.3 Å². The molecular formula is C14H18ClNO. The van der Waals surface area contributed by atoms with Crippen molar-refractivity contribution in [1.82, 2.24) is 4.90 Å². The van der Waals surface area contributed by atoms with E-state index >= 15 is 0 Å². The highest BCUT2D eigenvalue weighted by molar-refractivity contribution is 6.31. The first-order chi connectivity index (χ1) is 8.09. The minimum absolute atomic E-state index is 0.293. The highest BCUT2D eigenvalue weighted by Crippen LogP contribution is 2.41. The lowest BCUT2D eigenvalue weighted by atomic mass is 9.74. The van der Waals surface area contributed by atoms with Gasteiger partial charge in [0.05, 0.1) is 0 Å². The zero-order valence-corrected chi connectivity index (χ0v) is 11.1. The van der Waals surface area contributed by atoms with Gasteiger partial charge in [0.1, 0.15) is 5.54 Å². The molecule has 1 saturated carbocycles. The van der Waals surface area contributed by atoms with Gasteiger partial charge in [-0.15, -0.1) is 0 Å². The lowest BCUT2D eigenvalue weighted by Gasteiger charge is -2.42. The number of halogens is 1. The Labute approximate surface area is 108 Å². The van der Waals surface area contributed by atoms with Crippen molar-refractivity contribution >= 4 is 17.4 Å². The van der Waals surface area contributed by atoms with Gasteiger partial charge in [-0.25, -0.2) is 0 Å². The molecule has 2 nitrogen and oxygen atoms in total. The number of carbonyl (C=O) groups excluding carboxylic acids is 1. The maximum absolute atomic E-state index is 12.4. The number of Topliss-reactive ketones (excluding diaryl/α,β-unsaturated/α-hetero) is 1. The van der Waals surface area contributed by atoms with Crippen molar-refractivity contribution in [1.29, 1.82) is 0 Å². The third kappa shape index (κ3) is 2.00. The van der Waals surface area contributed by atoms with E-state index < -0.39 is 5.54 Å². The summed E-state index contributed by atoms with van der Waals surface area (Å²) in [6, 6.07) is 7.70. The van der Waals surface area contributed by atoms with Crippen molar-refractivity contribution in [2.75, 3.05) is 14.1 Å². The van der Waals surface area contributed by atoms with Gasteiger partial charge < -0.3 is 0 Å². The first-order valence-electron chi connectivity index (χ1n) is 6.05. The Morgan fingerprint density at radius 1 is 1.24 bits per heavy atom. The zero-order valence-electron chi connectivity index (χ0n) is 10.4. The van der Waals surface area contributed by atoms with Gasteiger partial charge in [0, 0.05) is 11.4 Å². The highest BCUT2D eigenvalue weighted by atomic mass is 35.5. The van der Waals surface area contributed by atoms with Gasteiger partial charge in [-0.2, -0.15) is 0 Å². The molecule has 0 aliphatic heterocycles. The van der Waals surface area contributed by atoms with Gasteiger partial charge in [-0.3, -0.25) is 9.69 Å². The van der Waals surface area contributed by atoms with Gasteiger partial charge in [-0.1, -0.05) is 36.2 Å². The summed E-state index contributed by atoms with van der Waals surface area (Å²) in [5, 5.41) is 0.691. The lowest BCUT2D eigenvalue weighted by molar-refractivity contribution is -0.133. The molecule has 1 aromatic rings. The van der Waals surface area contributed by atoms with Crippen LogP contribution in [0.2, 0.25) is 5.02 Å². The largest absolute Gasteiger partial charge is 0.297 e. The van der Waals surface area contributed by atoms with Crippen molar-refractivity contribution in [2.45, 2.75) is 31.2 Å². The summed E-state index contributed by atoms with van der Waals surface area (Å²) in [4.78, 5) is 14.4. The van der Waals surface area contributed by atoms with Gasteiger partial charge in [0.25, 0.3) is 0 Å². The number of ketones is 1. The minimum Gasteiger partial charge on any atom is -0.297 e. The van der Waals surface area contributed by atoms with Gasteiger partial charge >= 0.3 is 0 Å². The van der Waals surface area contributed by atoms with Crippen LogP contribution >= 0.6 is 11.6 Å². The topological polar surface area (TPSA) is 20.3 Å². The third-order valence-electron chi connectivity index (χ3n) is 3.74. The van der Waals surface area contributed by atoms with E-state index in [1.165, 1.54) is 0 Å². The second-order valence-electron chi connectivity index (χ2n) is 4.86. The number of hydrogen-bond donors (Lipinski definition) is 0. The monoisotopic (exact) mass is 251 g/mol. The first-order valence-corrected chi connectivity index (χ1v) is 6.42. The summed E-state index contributed by atoms with van der Waals surface area (Å²) >= 11 is 6.28. The molecule has 0 radical (unpaired) electrons. The molecule has 0 N–H and O–H groups in total. The maximum atomic E-state index is 12.4. The molecule has 1 aliphatic carbocycles. The Morgan fingerprint density at radius 3 is 2.53 bits per heavy atom. The van der Waals surface area contributed by atoms with Gasteiger partial charge in [0.2, 0.25) is 0 Å². The fraction of sp³-hybridized carbons (Fsp3) is 0.500. The van der Waals surface area contributed by atoms with Crippen LogP contribution in [0, 0.1) is 0 Å². The summed E-state index contributed by atoms with van der Waals surface area (Å²) in [7, 11) is 3.93. The van der Waals surface area contributed by atoms with Crippen LogP contribution in [0.5, 0.6) is 0 Å². The molecule has 0 bridgehead atoms. The molecule has 0 aromatic heterocycles. The standard InChI is InChI=1S/C14H18ClNO/c1-16(2)14(10-6-5-9-13(14)17)11-7-3-4-8-12(11)15/h3-4,7-8H,5-6,9-10H2,1-2H3/t14-/m1/s1. The Morgan fingerprint density at radius 2 is 1.94 bits per heavy atom. The molecule has 1 aromatic carbocycles. The summed E-state index contributed by atoms with van der Waals surface area (Å²) < 4.78 is 0. The molecule has 0 heterocycles. The predicted molar refractivity (Wildman–Crippen MR) is 70.3 cm³/mol. The molecule has 2 rings (SSSR count). The quantitative estimate of drug-likeness (QED) is 0.804. The van der Waals surface area contributed by atoms with Crippen LogP contribution in [-0.4, -0.2) is 24.8 Å². The highest BCUT2D eigenvalue weighted by Gasteiger charge is 2.44. The van der Waals surface area contributed by atoms with E-state index in [4.69, 9.17) is 11.6 Å². The molecule has 0 saturated heterocycles. The van der Waals surface area contributed by atoms with E-state index in [1.54, 1.807) is 0 Å². The van der Waals surface area contributed by atoms with Crippen LogP contribution < -0.4 is 0 Å². The molecule has 1 aliphatic rings. The van der Waals surface area contributed by atoms with Crippen molar-refractivity contribution in [3.8, 4) is 0 Å². The minimum atomic E-state index is -0.517. The van der Waals surface area contributed by atoms with E-state index in [0.29, 0.717) is 17.2 Å². The van der Waals surface area contributed by atoms with Crippen LogP contribution in [0.3, 0.4) is 0 Å². The van der Waals surface area contributed by atoms with E-state index in [-0.39, 0.29) is 0 Å². The van der Waals surface area contributed by atoms with Crippen LogP contribution in [0.1, 0.15) is 31.2 Å². The predicted octanol–water partition coefficient (Wildman–Crippen LogP) is 3.24. The molecule has 1 atom stereocenters. The summed E-state index contributed by atoms with van der Waals surface area (Å²) in [5.41, 5.74) is 0.438. The second-order valence-corrected chi connectivity index (χ2v) is 5.27.